The summed E-state index contributed by atoms with van der Waals surface area (Å²) in [5, 5.41) is 3.72. The third kappa shape index (κ3) is 4.27. The molecule has 3 nitrogen and oxygen atoms in total. The van der Waals surface area contributed by atoms with Crippen molar-refractivity contribution in [3.05, 3.63) is 11.2 Å². The molecule has 74 valence electrons. The van der Waals surface area contributed by atoms with Gasteiger partial charge in [-0.25, -0.2) is 0 Å². The molecule has 0 atom stereocenters. The van der Waals surface area contributed by atoms with Crippen molar-refractivity contribution in [2.24, 2.45) is 0 Å². The van der Waals surface area contributed by atoms with Crippen molar-refractivity contribution >= 4 is 11.6 Å². The molecule has 0 aliphatic rings. The fraction of sp³-hybridized carbons (Fsp3) is 0.778. The number of unbranched alkanes of at least 4 members (excludes halogenated alkanes) is 4. The first-order valence-electron chi connectivity index (χ1n) is 4.81. The van der Waals surface area contributed by atoms with Crippen LogP contribution in [0.1, 0.15) is 44.9 Å². The lowest BCUT2D eigenvalue weighted by Gasteiger charge is -1.95. The van der Waals surface area contributed by atoms with E-state index in [0.29, 0.717) is 5.89 Å². The number of halogens is 1. The Morgan fingerprint density at radius 3 is 2.62 bits per heavy atom. The highest BCUT2D eigenvalue weighted by Gasteiger charge is 2.02. The van der Waals surface area contributed by atoms with Crippen LogP contribution in [0, 0.1) is 0 Å². The lowest BCUT2D eigenvalue weighted by Crippen LogP contribution is -1.85. The molecule has 0 spiro atoms. The monoisotopic (exact) mass is 202 g/mol. The lowest BCUT2D eigenvalue weighted by molar-refractivity contribution is 0.372. The molecule has 0 N–H and O–H groups in total. The highest BCUT2D eigenvalue weighted by molar-refractivity contribution is 6.28. The number of nitrogens with zero attached hydrogens (tertiary/aromatic N) is 2. The van der Waals surface area contributed by atoms with Crippen molar-refractivity contribution in [3.63, 3.8) is 0 Å². The van der Waals surface area contributed by atoms with Gasteiger partial charge >= 0.3 is 0 Å². The van der Waals surface area contributed by atoms with E-state index >= 15 is 0 Å². The predicted molar refractivity (Wildman–Crippen MR) is 51.8 cm³/mol. The first-order chi connectivity index (χ1) is 6.33. The maximum atomic E-state index is 5.51. The molecule has 0 saturated heterocycles. The van der Waals surface area contributed by atoms with Crippen molar-refractivity contribution in [2.75, 3.05) is 0 Å². The van der Waals surface area contributed by atoms with E-state index < -0.39 is 0 Å². The molecule has 0 fully saturated rings. The van der Waals surface area contributed by atoms with E-state index in [2.05, 4.69) is 17.1 Å². The zero-order valence-corrected chi connectivity index (χ0v) is 8.68. The molecule has 0 bridgehead atoms. The summed E-state index contributed by atoms with van der Waals surface area (Å²) in [7, 11) is 0. The van der Waals surface area contributed by atoms with Crippen LogP contribution in [-0.2, 0) is 6.42 Å². The van der Waals surface area contributed by atoms with Crippen LogP contribution in [0.15, 0.2) is 4.52 Å². The average Bonchev–Trinajstić information content (AvgIpc) is 2.51. The predicted octanol–water partition coefficient (Wildman–Crippen LogP) is 3.24. The normalized spacial score (nSPS) is 10.6. The second-order valence-electron chi connectivity index (χ2n) is 3.12. The number of aromatic nitrogens is 2. The Hall–Kier alpha value is -0.570. The van der Waals surface area contributed by atoms with Crippen LogP contribution in [-0.4, -0.2) is 10.1 Å². The van der Waals surface area contributed by atoms with E-state index in [4.69, 9.17) is 16.1 Å². The van der Waals surface area contributed by atoms with Gasteiger partial charge in [-0.3, -0.25) is 0 Å². The van der Waals surface area contributed by atoms with Gasteiger partial charge in [-0.2, -0.15) is 4.98 Å². The van der Waals surface area contributed by atoms with E-state index in [1.807, 2.05) is 0 Å². The molecule has 0 aromatic carbocycles. The van der Waals surface area contributed by atoms with Crippen LogP contribution in [0.3, 0.4) is 0 Å². The van der Waals surface area contributed by atoms with Gasteiger partial charge in [0.05, 0.1) is 0 Å². The van der Waals surface area contributed by atoms with Crippen LogP contribution in [0.4, 0.5) is 0 Å². The minimum Gasteiger partial charge on any atom is -0.338 e. The van der Waals surface area contributed by atoms with Gasteiger partial charge in [0, 0.05) is 6.42 Å². The minimum absolute atomic E-state index is 0.212. The number of rotatable bonds is 6. The quantitative estimate of drug-likeness (QED) is 0.665. The van der Waals surface area contributed by atoms with Crippen LogP contribution >= 0.6 is 11.6 Å². The maximum absolute atomic E-state index is 5.51. The van der Waals surface area contributed by atoms with Crippen LogP contribution in [0.5, 0.6) is 0 Å². The summed E-state index contributed by atoms with van der Waals surface area (Å²) in [5.41, 5.74) is 0. The first kappa shape index (κ1) is 10.5. The van der Waals surface area contributed by atoms with Gasteiger partial charge in [0.25, 0.3) is 5.28 Å². The van der Waals surface area contributed by atoms with E-state index in [-0.39, 0.29) is 5.28 Å². The van der Waals surface area contributed by atoms with Gasteiger partial charge in [0.15, 0.2) is 0 Å². The second-order valence-corrected chi connectivity index (χ2v) is 3.46. The molecule has 0 saturated carbocycles. The fourth-order valence-electron chi connectivity index (χ4n) is 1.22. The van der Waals surface area contributed by atoms with Crippen molar-refractivity contribution in [2.45, 2.75) is 45.4 Å². The van der Waals surface area contributed by atoms with E-state index in [0.717, 1.165) is 12.8 Å². The van der Waals surface area contributed by atoms with Crippen molar-refractivity contribution in [1.29, 1.82) is 0 Å². The molecule has 1 rings (SSSR count). The highest BCUT2D eigenvalue weighted by atomic mass is 35.5. The number of hydrogen-bond acceptors (Lipinski definition) is 3. The Bertz CT molecular complexity index is 237. The summed E-state index contributed by atoms with van der Waals surface area (Å²) in [4.78, 5) is 3.92. The van der Waals surface area contributed by atoms with Crippen molar-refractivity contribution < 1.29 is 4.52 Å². The fourth-order valence-corrected chi connectivity index (χ4v) is 1.34. The summed E-state index contributed by atoms with van der Waals surface area (Å²) in [5.74, 6) is 0.654. The van der Waals surface area contributed by atoms with Gasteiger partial charge < -0.3 is 4.52 Å². The minimum atomic E-state index is 0.212. The molecular weight excluding hydrogens is 188 g/mol. The molecule has 0 unspecified atom stereocenters. The first-order valence-corrected chi connectivity index (χ1v) is 5.19. The third-order valence-electron chi connectivity index (χ3n) is 1.94. The van der Waals surface area contributed by atoms with E-state index in [9.17, 15) is 0 Å². The Kier molecular flexibility index (Phi) is 4.83. The smallest absolute Gasteiger partial charge is 0.263 e. The standard InChI is InChI=1S/C9H15ClN2O/c1-2-3-4-5-6-7-8-11-9(10)12-13-8/h2-7H2,1H3. The Balaban J connectivity index is 2.06. The summed E-state index contributed by atoms with van der Waals surface area (Å²) in [6.07, 6.45) is 7.06. The second kappa shape index (κ2) is 5.97. The Labute approximate surface area is 83.5 Å². The maximum Gasteiger partial charge on any atom is 0.263 e. The average molecular weight is 203 g/mol. The third-order valence-corrected chi connectivity index (χ3v) is 2.09. The molecule has 1 aromatic rings. The van der Waals surface area contributed by atoms with Gasteiger partial charge in [0.1, 0.15) is 0 Å². The lowest BCUT2D eigenvalue weighted by atomic mass is 10.1. The summed E-state index contributed by atoms with van der Waals surface area (Å²) in [6, 6.07) is 0. The van der Waals surface area contributed by atoms with Crippen LogP contribution < -0.4 is 0 Å². The molecule has 0 radical (unpaired) electrons. The topological polar surface area (TPSA) is 38.9 Å². The molecule has 0 aliphatic heterocycles. The van der Waals surface area contributed by atoms with Crippen LogP contribution in [0.25, 0.3) is 0 Å². The van der Waals surface area contributed by atoms with Gasteiger partial charge in [0.2, 0.25) is 5.89 Å². The number of aryl methyl sites for hydroxylation is 1. The van der Waals surface area contributed by atoms with Crippen LogP contribution in [0.2, 0.25) is 5.28 Å². The highest BCUT2D eigenvalue weighted by Crippen LogP contribution is 2.08. The largest absolute Gasteiger partial charge is 0.338 e. The van der Waals surface area contributed by atoms with Gasteiger partial charge in [-0.15, -0.1) is 0 Å². The van der Waals surface area contributed by atoms with Gasteiger partial charge in [-0.1, -0.05) is 32.6 Å². The Morgan fingerprint density at radius 2 is 2.00 bits per heavy atom. The molecule has 0 amide bonds. The molecule has 4 heteroatoms. The van der Waals surface area contributed by atoms with Crippen molar-refractivity contribution in [3.8, 4) is 0 Å². The zero-order chi connectivity index (χ0) is 9.52. The summed E-state index contributed by atoms with van der Waals surface area (Å²) >= 11 is 5.51. The molecule has 13 heavy (non-hydrogen) atoms. The molecular formula is C9H15ClN2O. The number of hydrogen-bond donors (Lipinski definition) is 0. The molecule has 1 aromatic heterocycles. The summed E-state index contributed by atoms with van der Waals surface area (Å²) < 4.78 is 4.88. The SMILES string of the molecule is CCCCCCCc1nc(Cl)no1. The summed E-state index contributed by atoms with van der Waals surface area (Å²) in [6.45, 7) is 2.21. The van der Waals surface area contributed by atoms with Gasteiger partial charge in [-0.05, 0) is 23.2 Å². The zero-order valence-electron chi connectivity index (χ0n) is 7.92. The molecule has 1 heterocycles. The van der Waals surface area contributed by atoms with E-state index in [1.165, 1.54) is 25.7 Å². The Morgan fingerprint density at radius 1 is 1.23 bits per heavy atom. The van der Waals surface area contributed by atoms with E-state index in [1.54, 1.807) is 0 Å². The molecule has 0 aliphatic carbocycles. The van der Waals surface area contributed by atoms with Crippen molar-refractivity contribution in [1.82, 2.24) is 10.1 Å².